The van der Waals surface area contributed by atoms with E-state index in [2.05, 4.69) is 81.3 Å². The smallest absolute Gasteiger partial charge is 0.169 e. The number of ether oxygens (including phenoxy) is 2. The van der Waals surface area contributed by atoms with Crippen LogP contribution >= 0.6 is 0 Å². The first-order valence-corrected chi connectivity index (χ1v) is 24.3. The lowest BCUT2D eigenvalue weighted by Crippen LogP contribution is -2.36. The largest absolute Gasteiger partial charge is 0.344 e. The average molecular weight is 752 g/mol. The van der Waals surface area contributed by atoms with Gasteiger partial charge in [-0.25, -0.2) is 0 Å². The van der Waals surface area contributed by atoms with Gasteiger partial charge >= 0.3 is 0 Å². The van der Waals surface area contributed by atoms with Crippen LogP contribution in [0, 0.1) is 0 Å². The van der Waals surface area contributed by atoms with Gasteiger partial charge in [0, 0.05) is 18.9 Å². The molecule has 1 saturated carbocycles. The van der Waals surface area contributed by atoms with Crippen LogP contribution in [0.5, 0.6) is 0 Å². The first-order valence-electron chi connectivity index (χ1n) is 24.3. The Morgan fingerprint density at radius 3 is 1.24 bits per heavy atom. The Hall–Kier alpha value is -1.16. The number of rotatable bonds is 38. The Morgan fingerprint density at radius 1 is 0.426 bits per heavy atom. The summed E-state index contributed by atoms with van der Waals surface area (Å²) in [5.74, 6) is -0.317. The molecule has 2 fully saturated rings. The summed E-state index contributed by atoms with van der Waals surface area (Å²) in [6, 6.07) is 0.622. The third kappa shape index (κ3) is 25.2. The highest BCUT2D eigenvalue weighted by Gasteiger charge is 2.51. The number of hydrogen-bond donors (Lipinski definition) is 0. The lowest BCUT2D eigenvalue weighted by atomic mass is 9.98. The van der Waals surface area contributed by atoms with Crippen molar-refractivity contribution < 1.29 is 9.47 Å². The summed E-state index contributed by atoms with van der Waals surface area (Å²) in [7, 11) is 2.35. The van der Waals surface area contributed by atoms with E-state index in [0.717, 1.165) is 38.5 Å². The average Bonchev–Trinajstić information content (AvgIpc) is 3.72. The predicted molar refractivity (Wildman–Crippen MR) is 239 cm³/mol. The first-order chi connectivity index (χ1) is 26.6. The van der Waals surface area contributed by atoms with Crippen molar-refractivity contribution in [3.63, 3.8) is 0 Å². The number of hydrogen-bond acceptors (Lipinski definition) is 3. The summed E-state index contributed by atoms with van der Waals surface area (Å²) in [4.78, 5) is 2.63. The van der Waals surface area contributed by atoms with Crippen LogP contribution in [0.2, 0.25) is 0 Å². The molecule has 0 N–H and O–H groups in total. The van der Waals surface area contributed by atoms with Gasteiger partial charge in [0.05, 0.1) is 12.2 Å². The van der Waals surface area contributed by atoms with Crippen molar-refractivity contribution in [1.29, 1.82) is 0 Å². The van der Waals surface area contributed by atoms with Crippen LogP contribution in [-0.2, 0) is 9.47 Å². The molecule has 54 heavy (non-hydrogen) atoms. The normalized spacial score (nSPS) is 21.8. The summed E-state index contributed by atoms with van der Waals surface area (Å²) in [5.41, 5.74) is 0. The van der Waals surface area contributed by atoms with Gasteiger partial charge in [-0.15, -0.1) is 0 Å². The van der Waals surface area contributed by atoms with Gasteiger partial charge in [-0.2, -0.15) is 0 Å². The molecule has 0 bridgehead atoms. The predicted octanol–water partition coefficient (Wildman–Crippen LogP) is 16.3. The Morgan fingerprint density at radius 2 is 0.778 bits per heavy atom. The third-order valence-corrected chi connectivity index (χ3v) is 12.2. The summed E-state index contributed by atoms with van der Waals surface area (Å²) in [5, 5.41) is 0. The van der Waals surface area contributed by atoms with Crippen molar-refractivity contribution in [2.75, 3.05) is 13.6 Å². The van der Waals surface area contributed by atoms with Gasteiger partial charge in [-0.3, -0.25) is 0 Å². The van der Waals surface area contributed by atoms with Crippen LogP contribution in [-0.4, -0.2) is 42.5 Å². The van der Waals surface area contributed by atoms with Crippen LogP contribution in [0.4, 0.5) is 0 Å². The Kier molecular flexibility index (Phi) is 31.8. The molecule has 1 saturated heterocycles. The molecule has 1 aliphatic heterocycles. The Bertz CT molecular complexity index is 922. The summed E-state index contributed by atoms with van der Waals surface area (Å²) >= 11 is 0. The zero-order valence-electron chi connectivity index (χ0n) is 36.9. The molecular weight excluding hydrogens is 659 g/mol. The molecule has 2 aliphatic rings. The number of fused-ring (bicyclic) bond motifs is 1. The zero-order chi connectivity index (χ0) is 38.6. The van der Waals surface area contributed by atoms with Crippen molar-refractivity contribution in [2.45, 2.75) is 263 Å². The van der Waals surface area contributed by atoms with Crippen molar-refractivity contribution in [3.8, 4) is 0 Å². The highest BCUT2D eigenvalue weighted by atomic mass is 16.8. The fourth-order valence-corrected chi connectivity index (χ4v) is 8.56. The summed E-state index contributed by atoms with van der Waals surface area (Å²) < 4.78 is 14.0. The molecule has 0 radical (unpaired) electrons. The van der Waals surface area contributed by atoms with E-state index in [4.69, 9.17) is 9.47 Å². The molecule has 1 aliphatic carbocycles. The highest BCUT2D eigenvalue weighted by molar-refractivity contribution is 4.97. The van der Waals surface area contributed by atoms with Crippen LogP contribution in [0.25, 0.3) is 0 Å². The van der Waals surface area contributed by atoms with E-state index in [0.29, 0.717) is 18.2 Å². The molecule has 0 aromatic carbocycles. The van der Waals surface area contributed by atoms with E-state index >= 15 is 0 Å². The van der Waals surface area contributed by atoms with Crippen molar-refractivity contribution in [1.82, 2.24) is 4.90 Å². The molecule has 0 spiro atoms. The molecule has 3 nitrogen and oxygen atoms in total. The van der Waals surface area contributed by atoms with Crippen LogP contribution in [0.3, 0.4) is 0 Å². The van der Waals surface area contributed by atoms with Gasteiger partial charge in [0.15, 0.2) is 5.79 Å². The van der Waals surface area contributed by atoms with Gasteiger partial charge < -0.3 is 14.4 Å². The van der Waals surface area contributed by atoms with Gasteiger partial charge in [-0.05, 0) is 103 Å². The number of unbranched alkanes of at least 4 members (excludes halogenated alkanes) is 23. The minimum absolute atomic E-state index is 0.302. The molecule has 4 atom stereocenters. The Labute approximate surface area is 338 Å². The molecule has 0 aromatic heterocycles. The molecule has 3 heteroatoms. The summed E-state index contributed by atoms with van der Waals surface area (Å²) in [6.45, 7) is 8.07. The molecule has 0 amide bonds. The second-order valence-corrected chi connectivity index (χ2v) is 17.3. The molecule has 314 valence electrons. The summed E-state index contributed by atoms with van der Waals surface area (Å²) in [6.07, 6.45) is 63.4. The number of allylic oxidation sites excluding steroid dienone is 8. The van der Waals surface area contributed by atoms with Crippen LogP contribution in [0.1, 0.15) is 239 Å². The standard InChI is InChI=1S/C51H93NO2/c1-5-8-11-14-17-19-21-23-25-27-29-31-33-35-38-41-44-51(43-40-37-34-32-30-28-26-24-22-20-18-15-12-9-6-2)53-49-46-48(47-50(49)54-51)52(4)45-42-39-36-16-13-10-7-3/h15,17-19,22-25,48-50H,5-14,16,20-21,26-47H2,1-4H3/b18-15-,19-17-,24-22-,25-23-/t48-,49-,50+,51?. The number of nitrogens with zero attached hydrogens (tertiary/aromatic N) is 1. The van der Waals surface area contributed by atoms with Gasteiger partial charge in [0.1, 0.15) is 0 Å². The van der Waals surface area contributed by atoms with Gasteiger partial charge in [0.25, 0.3) is 0 Å². The molecule has 1 heterocycles. The van der Waals surface area contributed by atoms with E-state index < -0.39 is 0 Å². The first kappa shape index (κ1) is 49.0. The molecular formula is C51H93NO2. The maximum Gasteiger partial charge on any atom is 0.169 e. The van der Waals surface area contributed by atoms with E-state index in [-0.39, 0.29) is 5.79 Å². The van der Waals surface area contributed by atoms with Gasteiger partial charge in [-0.1, -0.05) is 185 Å². The highest BCUT2D eigenvalue weighted by Crippen LogP contribution is 2.44. The van der Waals surface area contributed by atoms with Gasteiger partial charge in [0.2, 0.25) is 0 Å². The lowest BCUT2D eigenvalue weighted by Gasteiger charge is -2.32. The van der Waals surface area contributed by atoms with Crippen LogP contribution in [0.15, 0.2) is 48.6 Å². The quantitative estimate of drug-likeness (QED) is 0.0463. The maximum atomic E-state index is 7.00. The van der Waals surface area contributed by atoms with Crippen molar-refractivity contribution >= 4 is 0 Å². The van der Waals surface area contributed by atoms with Crippen molar-refractivity contribution in [3.05, 3.63) is 48.6 Å². The minimum Gasteiger partial charge on any atom is -0.344 e. The maximum absolute atomic E-state index is 7.00. The Balaban J connectivity index is 1.66. The second-order valence-electron chi connectivity index (χ2n) is 17.3. The second kappa shape index (κ2) is 35.0. The minimum atomic E-state index is -0.317. The zero-order valence-corrected chi connectivity index (χ0v) is 36.9. The van der Waals surface area contributed by atoms with E-state index in [1.165, 1.54) is 186 Å². The van der Waals surface area contributed by atoms with E-state index in [1.807, 2.05) is 0 Å². The van der Waals surface area contributed by atoms with E-state index in [1.54, 1.807) is 0 Å². The van der Waals surface area contributed by atoms with Crippen LogP contribution < -0.4 is 0 Å². The topological polar surface area (TPSA) is 21.7 Å². The monoisotopic (exact) mass is 752 g/mol. The molecule has 1 unspecified atom stereocenters. The van der Waals surface area contributed by atoms with E-state index in [9.17, 15) is 0 Å². The SMILES string of the molecule is CCCC/C=C\C/C=C\CCCCCCCCC1(CCCCCCCC/C=C\C/C=C\CCCCC)O[C@H]2C[C@H](N(C)CCCCCCCCC)C[C@H]2O1. The fourth-order valence-electron chi connectivity index (χ4n) is 8.56. The fraction of sp³-hybridized carbons (Fsp3) is 0.843. The lowest BCUT2D eigenvalue weighted by molar-refractivity contribution is -0.193. The van der Waals surface area contributed by atoms with Crippen molar-refractivity contribution in [2.24, 2.45) is 0 Å². The molecule has 2 rings (SSSR count). The third-order valence-electron chi connectivity index (χ3n) is 12.2. The molecule has 0 aromatic rings.